The number of ether oxygens (including phenoxy) is 1. The molecule has 2 amide bonds. The van der Waals surface area contributed by atoms with Crippen molar-refractivity contribution in [1.82, 2.24) is 4.90 Å². The number of morpholine rings is 1. The van der Waals surface area contributed by atoms with Crippen LogP contribution in [0.4, 0.5) is 11.4 Å². The maximum Gasteiger partial charge on any atom is 0.224 e. The number of hydrogen-bond donors (Lipinski definition) is 2. The molecule has 1 aliphatic heterocycles. The van der Waals surface area contributed by atoms with Crippen molar-refractivity contribution >= 4 is 23.2 Å². The van der Waals surface area contributed by atoms with Crippen molar-refractivity contribution in [1.29, 1.82) is 0 Å². The van der Waals surface area contributed by atoms with Crippen LogP contribution in [-0.2, 0) is 14.3 Å². The van der Waals surface area contributed by atoms with Crippen molar-refractivity contribution in [2.75, 3.05) is 43.5 Å². The summed E-state index contributed by atoms with van der Waals surface area (Å²) >= 11 is 0. The fourth-order valence-corrected chi connectivity index (χ4v) is 2.16. The first-order valence-corrected chi connectivity index (χ1v) is 7.12. The summed E-state index contributed by atoms with van der Waals surface area (Å²) in [5, 5.41) is 5.91. The zero-order valence-electron chi connectivity index (χ0n) is 12.2. The number of anilines is 2. The first-order chi connectivity index (χ1) is 10.1. The molecule has 1 heterocycles. The van der Waals surface area contributed by atoms with E-state index in [2.05, 4.69) is 10.6 Å². The molecule has 0 aliphatic carbocycles. The van der Waals surface area contributed by atoms with Crippen molar-refractivity contribution in [3.8, 4) is 0 Å². The number of nitrogens with zero attached hydrogens (tertiary/aromatic N) is 1. The monoisotopic (exact) mass is 291 g/mol. The van der Waals surface area contributed by atoms with E-state index < -0.39 is 0 Å². The van der Waals surface area contributed by atoms with Gasteiger partial charge < -0.3 is 20.3 Å². The molecule has 6 heteroatoms. The lowest BCUT2D eigenvalue weighted by Crippen LogP contribution is -2.41. The number of carbonyl (C=O) groups excluding carboxylic acids is 2. The van der Waals surface area contributed by atoms with Gasteiger partial charge in [-0.15, -0.1) is 0 Å². The smallest absolute Gasteiger partial charge is 0.224 e. The van der Waals surface area contributed by atoms with Gasteiger partial charge in [0, 0.05) is 44.4 Å². The molecular formula is C15H21N3O3. The molecule has 1 aromatic rings. The lowest BCUT2D eigenvalue weighted by atomic mass is 10.2. The molecule has 1 aromatic carbocycles. The standard InChI is InChI=1S/C15H21N3O3/c1-12(19)17-14-4-2-13(3-5-14)16-7-6-15(20)18-8-10-21-11-9-18/h2-5,16H,6-11H2,1H3,(H,17,19). The summed E-state index contributed by atoms with van der Waals surface area (Å²) < 4.78 is 5.22. The summed E-state index contributed by atoms with van der Waals surface area (Å²) in [5.41, 5.74) is 1.69. The average Bonchev–Trinajstić information content (AvgIpc) is 2.49. The third-order valence-corrected chi connectivity index (χ3v) is 3.24. The van der Waals surface area contributed by atoms with E-state index in [1.807, 2.05) is 29.2 Å². The minimum absolute atomic E-state index is 0.0909. The number of carbonyl (C=O) groups is 2. The Bertz CT molecular complexity index is 481. The molecule has 0 atom stereocenters. The van der Waals surface area contributed by atoms with Crippen molar-refractivity contribution in [2.45, 2.75) is 13.3 Å². The predicted molar refractivity (Wildman–Crippen MR) is 81.3 cm³/mol. The fraction of sp³-hybridized carbons (Fsp3) is 0.467. The first kappa shape index (κ1) is 15.3. The fourth-order valence-electron chi connectivity index (χ4n) is 2.16. The highest BCUT2D eigenvalue weighted by Crippen LogP contribution is 2.13. The minimum Gasteiger partial charge on any atom is -0.385 e. The number of amides is 2. The second-order valence-corrected chi connectivity index (χ2v) is 4.93. The first-order valence-electron chi connectivity index (χ1n) is 7.12. The van der Waals surface area contributed by atoms with Crippen LogP contribution in [0.3, 0.4) is 0 Å². The van der Waals surface area contributed by atoms with Gasteiger partial charge in [0.15, 0.2) is 0 Å². The Labute approximate surface area is 124 Å². The normalized spacial score (nSPS) is 14.6. The van der Waals surface area contributed by atoms with E-state index in [1.165, 1.54) is 6.92 Å². The Hall–Kier alpha value is -2.08. The molecule has 0 radical (unpaired) electrons. The van der Waals surface area contributed by atoms with E-state index >= 15 is 0 Å². The van der Waals surface area contributed by atoms with E-state index in [4.69, 9.17) is 4.74 Å². The lowest BCUT2D eigenvalue weighted by molar-refractivity contribution is -0.134. The Balaban J connectivity index is 1.72. The molecule has 114 valence electrons. The van der Waals surface area contributed by atoms with Crippen LogP contribution in [0.2, 0.25) is 0 Å². The van der Waals surface area contributed by atoms with Gasteiger partial charge in [0.2, 0.25) is 11.8 Å². The molecule has 21 heavy (non-hydrogen) atoms. The zero-order valence-corrected chi connectivity index (χ0v) is 12.2. The largest absolute Gasteiger partial charge is 0.385 e. The molecule has 1 saturated heterocycles. The third-order valence-electron chi connectivity index (χ3n) is 3.24. The van der Waals surface area contributed by atoms with Crippen LogP contribution in [-0.4, -0.2) is 49.6 Å². The quantitative estimate of drug-likeness (QED) is 0.858. The summed E-state index contributed by atoms with van der Waals surface area (Å²) in [4.78, 5) is 24.7. The summed E-state index contributed by atoms with van der Waals surface area (Å²) in [5.74, 6) is 0.0625. The molecule has 1 fully saturated rings. The van der Waals surface area contributed by atoms with Gasteiger partial charge in [0.05, 0.1) is 13.2 Å². The molecule has 2 N–H and O–H groups in total. The van der Waals surface area contributed by atoms with Gasteiger partial charge in [-0.2, -0.15) is 0 Å². The molecule has 6 nitrogen and oxygen atoms in total. The van der Waals surface area contributed by atoms with Crippen molar-refractivity contribution in [3.05, 3.63) is 24.3 Å². The third kappa shape index (κ3) is 5.07. The second kappa shape index (κ2) is 7.64. The number of hydrogen-bond acceptors (Lipinski definition) is 4. The summed E-state index contributed by atoms with van der Waals surface area (Å²) in [6.07, 6.45) is 0.466. The maximum absolute atomic E-state index is 11.9. The predicted octanol–water partition coefficient (Wildman–Crippen LogP) is 1.31. The molecule has 0 unspecified atom stereocenters. The highest BCUT2D eigenvalue weighted by Gasteiger charge is 2.15. The van der Waals surface area contributed by atoms with E-state index in [9.17, 15) is 9.59 Å². The average molecular weight is 291 g/mol. The number of nitrogens with one attached hydrogen (secondary N) is 2. The summed E-state index contributed by atoms with van der Waals surface area (Å²) in [7, 11) is 0. The topological polar surface area (TPSA) is 70.7 Å². The van der Waals surface area contributed by atoms with E-state index in [-0.39, 0.29) is 11.8 Å². The van der Waals surface area contributed by atoms with Gasteiger partial charge in [-0.1, -0.05) is 0 Å². The van der Waals surface area contributed by atoms with Gasteiger partial charge in [-0.3, -0.25) is 9.59 Å². The van der Waals surface area contributed by atoms with E-state index in [0.29, 0.717) is 39.3 Å². The highest BCUT2D eigenvalue weighted by atomic mass is 16.5. The van der Waals surface area contributed by atoms with Gasteiger partial charge >= 0.3 is 0 Å². The molecule has 0 bridgehead atoms. The Morgan fingerprint density at radius 3 is 2.38 bits per heavy atom. The molecule has 2 rings (SSSR count). The summed E-state index contributed by atoms with van der Waals surface area (Å²) in [6.45, 7) is 4.70. The number of rotatable bonds is 5. The van der Waals surface area contributed by atoms with Crippen molar-refractivity contribution in [3.63, 3.8) is 0 Å². The van der Waals surface area contributed by atoms with Crippen molar-refractivity contribution in [2.24, 2.45) is 0 Å². The van der Waals surface area contributed by atoms with Crippen LogP contribution >= 0.6 is 0 Å². The van der Waals surface area contributed by atoms with Gasteiger partial charge in [0.25, 0.3) is 0 Å². The minimum atomic E-state index is -0.0909. The van der Waals surface area contributed by atoms with Crippen LogP contribution in [0.5, 0.6) is 0 Å². The molecule has 0 aromatic heterocycles. The Morgan fingerprint density at radius 1 is 1.14 bits per heavy atom. The van der Waals surface area contributed by atoms with Crippen LogP contribution in [0.15, 0.2) is 24.3 Å². The van der Waals surface area contributed by atoms with Gasteiger partial charge in [0.1, 0.15) is 0 Å². The molecular weight excluding hydrogens is 270 g/mol. The second-order valence-electron chi connectivity index (χ2n) is 4.93. The van der Waals surface area contributed by atoms with Crippen LogP contribution in [0.1, 0.15) is 13.3 Å². The summed E-state index contributed by atoms with van der Waals surface area (Å²) in [6, 6.07) is 7.41. The maximum atomic E-state index is 11.9. The lowest BCUT2D eigenvalue weighted by Gasteiger charge is -2.26. The van der Waals surface area contributed by atoms with Gasteiger partial charge in [-0.05, 0) is 24.3 Å². The number of benzene rings is 1. The molecule has 0 spiro atoms. The van der Waals surface area contributed by atoms with Crippen molar-refractivity contribution < 1.29 is 14.3 Å². The zero-order chi connectivity index (χ0) is 15.1. The molecule has 0 saturated carbocycles. The Kier molecular flexibility index (Phi) is 5.57. The van der Waals surface area contributed by atoms with E-state index in [1.54, 1.807) is 0 Å². The van der Waals surface area contributed by atoms with Gasteiger partial charge in [-0.25, -0.2) is 0 Å². The molecule has 1 aliphatic rings. The van der Waals surface area contributed by atoms with Crippen LogP contribution in [0.25, 0.3) is 0 Å². The Morgan fingerprint density at radius 2 is 1.76 bits per heavy atom. The highest BCUT2D eigenvalue weighted by molar-refractivity contribution is 5.88. The van der Waals surface area contributed by atoms with Crippen LogP contribution < -0.4 is 10.6 Å². The van der Waals surface area contributed by atoms with E-state index in [0.717, 1.165) is 11.4 Å². The SMILES string of the molecule is CC(=O)Nc1ccc(NCCC(=O)N2CCOCC2)cc1. The van der Waals surface area contributed by atoms with Crippen LogP contribution in [0, 0.1) is 0 Å².